The van der Waals surface area contributed by atoms with Crippen LogP contribution in [0.15, 0.2) is 36.8 Å². The van der Waals surface area contributed by atoms with E-state index in [1.807, 2.05) is 13.8 Å². The number of hydrogen-bond acceptors (Lipinski definition) is 8. The fraction of sp³-hybridized carbons (Fsp3) is 0.357. The van der Waals surface area contributed by atoms with Crippen LogP contribution in [0.4, 0.5) is 18.9 Å². The van der Waals surface area contributed by atoms with Crippen LogP contribution in [0.5, 0.6) is 5.75 Å². The third-order valence-corrected chi connectivity index (χ3v) is 6.93. The molecule has 0 saturated carbocycles. The first-order valence-corrected chi connectivity index (χ1v) is 13.4. The molecule has 1 atom stereocenters. The number of alkyl halides is 3. The van der Waals surface area contributed by atoms with Gasteiger partial charge in [-0.15, -0.1) is 0 Å². The number of aliphatic hydroxyl groups is 1. The van der Waals surface area contributed by atoms with Crippen LogP contribution in [0, 0.1) is 17.2 Å². The van der Waals surface area contributed by atoms with Gasteiger partial charge < -0.3 is 9.84 Å². The van der Waals surface area contributed by atoms with Crippen molar-refractivity contribution in [2.75, 3.05) is 11.5 Å². The number of amides is 1. The summed E-state index contributed by atoms with van der Waals surface area (Å²) in [5, 5.41) is 24.8. The lowest BCUT2D eigenvalue weighted by atomic mass is 9.93. The van der Waals surface area contributed by atoms with E-state index in [0.717, 1.165) is 0 Å². The lowest BCUT2D eigenvalue weighted by Gasteiger charge is -2.29. The molecule has 1 aliphatic heterocycles. The van der Waals surface area contributed by atoms with Crippen molar-refractivity contribution in [1.82, 2.24) is 24.7 Å². The Labute approximate surface area is 243 Å². The van der Waals surface area contributed by atoms with Crippen LogP contribution < -0.4 is 9.64 Å². The topological polar surface area (TPSA) is 130 Å². The zero-order chi connectivity index (χ0) is 30.2. The molecule has 3 aromatic heterocycles. The van der Waals surface area contributed by atoms with Gasteiger partial charge in [0.2, 0.25) is 0 Å². The van der Waals surface area contributed by atoms with Crippen molar-refractivity contribution < 1.29 is 27.8 Å². The molecular formula is C28H25ClF3N7O3. The molecule has 14 heteroatoms. The number of carbonyl (C=O) groups excluding carboxylic acids is 1. The average Bonchev–Trinajstić information content (AvgIpc) is 3.34. The summed E-state index contributed by atoms with van der Waals surface area (Å²) in [4.78, 5) is 27.2. The predicted octanol–water partition coefficient (Wildman–Crippen LogP) is 4.85. The predicted molar refractivity (Wildman–Crippen MR) is 147 cm³/mol. The zero-order valence-electron chi connectivity index (χ0n) is 22.6. The van der Waals surface area contributed by atoms with E-state index in [2.05, 4.69) is 26.1 Å². The first-order chi connectivity index (χ1) is 20.0. The third kappa shape index (κ3) is 5.86. The molecule has 4 aromatic rings. The smallest absolute Gasteiger partial charge is 0.414 e. The summed E-state index contributed by atoms with van der Waals surface area (Å²) >= 11 is 5.88. The molecule has 10 nitrogen and oxygen atoms in total. The fourth-order valence-electron chi connectivity index (χ4n) is 4.76. The van der Waals surface area contributed by atoms with Crippen LogP contribution in [0.3, 0.4) is 0 Å². The minimum absolute atomic E-state index is 0.0870. The molecule has 42 heavy (non-hydrogen) atoms. The van der Waals surface area contributed by atoms with Crippen LogP contribution in [0.2, 0.25) is 5.02 Å². The summed E-state index contributed by atoms with van der Waals surface area (Å²) < 4.78 is 45.9. The number of ether oxygens (including phenoxy) is 1. The largest absolute Gasteiger partial charge is 0.482 e. The Hall–Kier alpha value is -4.28. The van der Waals surface area contributed by atoms with Crippen molar-refractivity contribution in [3.05, 3.63) is 58.9 Å². The van der Waals surface area contributed by atoms with Gasteiger partial charge in [-0.2, -0.15) is 23.5 Å². The Morgan fingerprint density at radius 3 is 2.62 bits per heavy atom. The van der Waals surface area contributed by atoms with Gasteiger partial charge in [-0.1, -0.05) is 31.5 Å². The van der Waals surface area contributed by atoms with Gasteiger partial charge in [0.05, 0.1) is 34.7 Å². The van der Waals surface area contributed by atoms with Crippen molar-refractivity contribution in [2.24, 2.45) is 5.92 Å². The second kappa shape index (κ2) is 11.5. The molecule has 0 saturated heterocycles. The number of carbonyl (C=O) groups is 1. The maximum absolute atomic E-state index is 12.9. The number of nitrogens with zero attached hydrogens (tertiary/aromatic N) is 7. The molecule has 1 aromatic carbocycles. The van der Waals surface area contributed by atoms with Crippen LogP contribution in [-0.2, 0) is 24.3 Å². The zero-order valence-corrected chi connectivity index (χ0v) is 23.3. The van der Waals surface area contributed by atoms with Gasteiger partial charge in [-0.25, -0.2) is 19.6 Å². The summed E-state index contributed by atoms with van der Waals surface area (Å²) in [7, 11) is 0. The Balaban J connectivity index is 1.59. The maximum Gasteiger partial charge on any atom is 0.414 e. The first-order valence-electron chi connectivity index (χ1n) is 13.0. The van der Waals surface area contributed by atoms with E-state index < -0.39 is 18.7 Å². The van der Waals surface area contributed by atoms with Gasteiger partial charge in [-0.3, -0.25) is 9.69 Å². The molecule has 0 fully saturated rings. The second-order valence-corrected chi connectivity index (χ2v) is 10.7. The van der Waals surface area contributed by atoms with Crippen molar-refractivity contribution in [1.29, 1.82) is 5.26 Å². The Bertz CT molecular complexity index is 1680. The molecule has 4 heterocycles. The van der Waals surface area contributed by atoms with E-state index in [1.54, 1.807) is 18.2 Å². The number of anilines is 1. The number of benzene rings is 1. The second-order valence-electron chi connectivity index (χ2n) is 10.2. The van der Waals surface area contributed by atoms with Gasteiger partial charge in [-0.05, 0) is 30.0 Å². The molecule has 0 bridgehead atoms. The number of fused-ring (bicyclic) bond motifs is 2. The van der Waals surface area contributed by atoms with E-state index in [1.165, 1.54) is 28.2 Å². The summed E-state index contributed by atoms with van der Waals surface area (Å²) in [5.41, 5.74) is 2.64. The average molecular weight is 600 g/mol. The highest BCUT2D eigenvalue weighted by Gasteiger charge is 2.38. The summed E-state index contributed by atoms with van der Waals surface area (Å²) in [6.07, 6.45) is -3.10. The molecule has 1 aliphatic rings. The summed E-state index contributed by atoms with van der Waals surface area (Å²) in [5.74, 6) is 0.605. The maximum atomic E-state index is 12.9. The molecule has 0 radical (unpaired) electrons. The molecule has 0 spiro atoms. The third-order valence-electron chi connectivity index (χ3n) is 6.73. The van der Waals surface area contributed by atoms with Crippen molar-refractivity contribution >= 4 is 34.2 Å². The number of aromatic nitrogens is 5. The lowest BCUT2D eigenvalue weighted by Crippen LogP contribution is -2.38. The minimum atomic E-state index is -4.75. The Morgan fingerprint density at radius 1 is 1.21 bits per heavy atom. The minimum Gasteiger partial charge on any atom is -0.482 e. The van der Waals surface area contributed by atoms with Crippen LogP contribution >= 0.6 is 11.6 Å². The summed E-state index contributed by atoms with van der Waals surface area (Å²) in [6.45, 7) is 3.56. The normalized spacial score (nSPS) is 14.2. The van der Waals surface area contributed by atoms with Crippen LogP contribution in [0.25, 0.3) is 22.2 Å². The fourth-order valence-corrected chi connectivity index (χ4v) is 4.86. The van der Waals surface area contributed by atoms with Crippen molar-refractivity contribution in [3.8, 4) is 22.9 Å². The van der Waals surface area contributed by atoms with Gasteiger partial charge in [0.15, 0.2) is 18.4 Å². The van der Waals surface area contributed by atoms with E-state index in [9.17, 15) is 28.3 Å². The van der Waals surface area contributed by atoms with Gasteiger partial charge in [0.25, 0.3) is 5.91 Å². The molecule has 218 valence electrons. The van der Waals surface area contributed by atoms with Gasteiger partial charge in [0, 0.05) is 36.3 Å². The van der Waals surface area contributed by atoms with Gasteiger partial charge in [0.1, 0.15) is 17.6 Å². The first kappa shape index (κ1) is 29.2. The molecule has 0 aliphatic carbocycles. The highest BCUT2D eigenvalue weighted by Crippen LogP contribution is 2.40. The SMILES string of the molecule is CC(C)Cc1nc2c(cnn2CCC(O)C(F)(F)F)c(-c2ccc3c(c2)OCC(=O)N3Cc2ncc(Cl)cn2)c1C#N. The number of hydrogen-bond donors (Lipinski definition) is 1. The van der Waals surface area contributed by atoms with E-state index >= 15 is 0 Å². The van der Waals surface area contributed by atoms with Crippen LogP contribution in [-0.4, -0.2) is 54.6 Å². The number of halogens is 4. The van der Waals surface area contributed by atoms with E-state index in [4.69, 9.17) is 16.3 Å². The number of aryl methyl sites for hydroxylation is 1. The lowest BCUT2D eigenvalue weighted by molar-refractivity contribution is -0.206. The Kier molecular flexibility index (Phi) is 8.03. The molecule has 5 rings (SSSR count). The molecule has 1 N–H and O–H groups in total. The highest BCUT2D eigenvalue weighted by molar-refractivity contribution is 6.30. The number of rotatable bonds is 8. The highest BCUT2D eigenvalue weighted by atomic mass is 35.5. The van der Waals surface area contributed by atoms with E-state index in [0.29, 0.717) is 62.1 Å². The van der Waals surface area contributed by atoms with Crippen molar-refractivity contribution in [2.45, 2.75) is 52.1 Å². The summed E-state index contributed by atoms with van der Waals surface area (Å²) in [6, 6.07) is 7.38. The Morgan fingerprint density at radius 2 is 1.95 bits per heavy atom. The van der Waals surface area contributed by atoms with Crippen molar-refractivity contribution in [3.63, 3.8) is 0 Å². The number of pyridine rings is 1. The number of aliphatic hydroxyl groups excluding tert-OH is 1. The molecule has 1 amide bonds. The number of nitriles is 1. The molecule has 1 unspecified atom stereocenters. The quantitative estimate of drug-likeness (QED) is 0.304. The molecular weight excluding hydrogens is 575 g/mol. The monoisotopic (exact) mass is 599 g/mol. The van der Waals surface area contributed by atoms with E-state index in [-0.39, 0.29) is 31.5 Å². The van der Waals surface area contributed by atoms with Crippen LogP contribution in [0.1, 0.15) is 37.4 Å². The standard InChI is InChI=1S/C28H25ClF3N7O3/c1-15(2)7-20-18(9-33)26(19-12-36-39(27(19)37-20)6-5-23(40)28(30,31)32)16-3-4-21-22(8-16)42-14-25(41)38(21)13-24-34-10-17(29)11-35-24/h3-4,8,10-12,15,23,40H,5-7,13-14H2,1-2H3. The van der Waals surface area contributed by atoms with Gasteiger partial charge >= 0.3 is 6.18 Å².